The third-order valence-corrected chi connectivity index (χ3v) is 4.63. The van der Waals surface area contributed by atoms with Crippen LogP contribution in [0.15, 0.2) is 24.3 Å². The molecule has 0 amide bonds. The van der Waals surface area contributed by atoms with Crippen LogP contribution in [0.2, 0.25) is 5.02 Å². The molecule has 1 aromatic rings. The fraction of sp³-hybridized carbons (Fsp3) is 0.600. The molecule has 3 rings (SSSR count). The molecule has 2 aliphatic carbocycles. The molecule has 0 radical (unpaired) electrons. The van der Waals surface area contributed by atoms with Crippen molar-refractivity contribution in [3.63, 3.8) is 0 Å². The predicted molar refractivity (Wildman–Crippen MR) is 72.5 cm³/mol. The van der Waals surface area contributed by atoms with Crippen molar-refractivity contribution in [3.05, 3.63) is 34.9 Å². The van der Waals surface area contributed by atoms with Crippen LogP contribution in [0.1, 0.15) is 44.1 Å². The van der Waals surface area contributed by atoms with E-state index in [1.807, 2.05) is 12.1 Å². The molecule has 0 saturated heterocycles. The molecule has 1 nitrogen and oxygen atoms in total. The van der Waals surface area contributed by atoms with Gasteiger partial charge in [-0.3, -0.25) is 0 Å². The Bertz CT molecular complexity index is 380. The van der Waals surface area contributed by atoms with Crippen molar-refractivity contribution in [2.75, 3.05) is 0 Å². The van der Waals surface area contributed by atoms with Gasteiger partial charge in [-0.1, -0.05) is 37.1 Å². The third kappa shape index (κ3) is 2.51. The summed E-state index contributed by atoms with van der Waals surface area (Å²) in [6.07, 6.45) is 5.34. The zero-order chi connectivity index (χ0) is 11.8. The van der Waals surface area contributed by atoms with Crippen molar-refractivity contribution in [3.8, 4) is 0 Å². The van der Waals surface area contributed by atoms with Crippen LogP contribution in [0.4, 0.5) is 0 Å². The summed E-state index contributed by atoms with van der Waals surface area (Å²) in [4.78, 5) is 0. The van der Waals surface area contributed by atoms with Gasteiger partial charge in [0, 0.05) is 17.1 Å². The van der Waals surface area contributed by atoms with E-state index >= 15 is 0 Å². The minimum atomic E-state index is 0.753. The van der Waals surface area contributed by atoms with Crippen molar-refractivity contribution in [2.24, 2.45) is 5.92 Å². The maximum absolute atomic E-state index is 5.90. The molecule has 17 heavy (non-hydrogen) atoms. The van der Waals surface area contributed by atoms with Gasteiger partial charge in [0.1, 0.15) is 0 Å². The summed E-state index contributed by atoms with van der Waals surface area (Å²) in [5.41, 5.74) is 1.45. The number of rotatable bonds is 4. The SMILES string of the molecule is CCC1CC1NC1CC(c2ccc(Cl)cc2)C1. The highest BCUT2D eigenvalue weighted by atomic mass is 35.5. The highest BCUT2D eigenvalue weighted by molar-refractivity contribution is 6.30. The lowest BCUT2D eigenvalue weighted by molar-refractivity contribution is 0.285. The molecule has 2 saturated carbocycles. The van der Waals surface area contributed by atoms with Gasteiger partial charge < -0.3 is 5.32 Å². The van der Waals surface area contributed by atoms with Gasteiger partial charge in [-0.15, -0.1) is 0 Å². The minimum Gasteiger partial charge on any atom is -0.311 e. The molecule has 0 heterocycles. The molecule has 2 heteroatoms. The van der Waals surface area contributed by atoms with Crippen molar-refractivity contribution in [2.45, 2.75) is 50.6 Å². The monoisotopic (exact) mass is 249 g/mol. The quantitative estimate of drug-likeness (QED) is 0.851. The largest absolute Gasteiger partial charge is 0.311 e. The Labute approximate surface area is 109 Å². The molecule has 2 unspecified atom stereocenters. The van der Waals surface area contributed by atoms with Gasteiger partial charge in [-0.2, -0.15) is 0 Å². The fourth-order valence-corrected chi connectivity index (χ4v) is 3.09. The van der Waals surface area contributed by atoms with Crippen molar-refractivity contribution in [1.82, 2.24) is 5.32 Å². The van der Waals surface area contributed by atoms with Crippen molar-refractivity contribution >= 4 is 11.6 Å². The average molecular weight is 250 g/mol. The van der Waals surface area contributed by atoms with Crippen molar-refractivity contribution in [1.29, 1.82) is 0 Å². The molecule has 0 aromatic heterocycles. The third-order valence-electron chi connectivity index (χ3n) is 4.38. The molecule has 0 spiro atoms. The molecule has 0 aliphatic heterocycles. The Hall–Kier alpha value is -0.530. The second kappa shape index (κ2) is 4.62. The van der Waals surface area contributed by atoms with Crippen LogP contribution in [0.5, 0.6) is 0 Å². The number of halogens is 1. The van der Waals surface area contributed by atoms with Crippen LogP contribution in [0.25, 0.3) is 0 Å². The summed E-state index contributed by atoms with van der Waals surface area (Å²) in [5, 5.41) is 4.62. The first-order chi connectivity index (χ1) is 8.26. The van der Waals surface area contributed by atoms with E-state index in [1.165, 1.54) is 31.2 Å². The van der Waals surface area contributed by atoms with E-state index in [0.29, 0.717) is 0 Å². The lowest BCUT2D eigenvalue weighted by Gasteiger charge is -2.36. The van der Waals surface area contributed by atoms with E-state index in [0.717, 1.165) is 28.9 Å². The average Bonchev–Trinajstić information content (AvgIpc) is 3.03. The number of hydrogen-bond donors (Lipinski definition) is 1. The Morgan fingerprint density at radius 2 is 1.88 bits per heavy atom. The summed E-state index contributed by atoms with van der Waals surface area (Å²) in [5.74, 6) is 1.72. The van der Waals surface area contributed by atoms with E-state index in [1.54, 1.807) is 0 Å². The molecule has 2 fully saturated rings. The first-order valence-electron chi connectivity index (χ1n) is 6.77. The normalized spacial score (nSPS) is 35.4. The van der Waals surface area contributed by atoms with Gasteiger partial charge in [0.15, 0.2) is 0 Å². The maximum atomic E-state index is 5.90. The van der Waals surface area contributed by atoms with Crippen molar-refractivity contribution < 1.29 is 0 Å². The Kier molecular flexibility index (Phi) is 3.14. The van der Waals surface area contributed by atoms with Gasteiger partial charge in [-0.05, 0) is 48.8 Å². The second-order valence-electron chi connectivity index (χ2n) is 5.59. The first-order valence-corrected chi connectivity index (χ1v) is 7.15. The van der Waals surface area contributed by atoms with Crippen LogP contribution in [-0.2, 0) is 0 Å². The van der Waals surface area contributed by atoms with Gasteiger partial charge in [-0.25, -0.2) is 0 Å². The topological polar surface area (TPSA) is 12.0 Å². The predicted octanol–water partition coefficient (Wildman–Crippen LogP) is 3.97. The summed E-state index contributed by atoms with van der Waals surface area (Å²) in [6.45, 7) is 2.30. The van der Waals surface area contributed by atoms with Crippen LogP contribution in [0, 0.1) is 5.92 Å². The smallest absolute Gasteiger partial charge is 0.0406 e. The zero-order valence-electron chi connectivity index (χ0n) is 10.3. The van der Waals surface area contributed by atoms with Crippen LogP contribution < -0.4 is 5.32 Å². The number of benzene rings is 1. The number of hydrogen-bond acceptors (Lipinski definition) is 1. The number of nitrogens with one attached hydrogen (secondary N) is 1. The lowest BCUT2D eigenvalue weighted by atomic mass is 9.76. The molecule has 1 N–H and O–H groups in total. The first kappa shape index (κ1) is 11.6. The summed E-state index contributed by atoms with van der Waals surface area (Å²) in [6, 6.07) is 9.95. The standard InChI is InChI=1S/C15H20ClN/c1-2-10-9-15(10)17-14-7-12(8-14)11-3-5-13(16)6-4-11/h3-6,10,12,14-15,17H,2,7-9H2,1H3. The summed E-state index contributed by atoms with van der Waals surface area (Å²) in [7, 11) is 0. The minimum absolute atomic E-state index is 0.753. The summed E-state index contributed by atoms with van der Waals surface area (Å²) >= 11 is 5.90. The van der Waals surface area contributed by atoms with E-state index in [2.05, 4.69) is 24.4 Å². The molecule has 1 aromatic carbocycles. The van der Waals surface area contributed by atoms with Gasteiger partial charge >= 0.3 is 0 Å². The molecular weight excluding hydrogens is 230 g/mol. The van der Waals surface area contributed by atoms with E-state index in [4.69, 9.17) is 11.6 Å². The summed E-state index contributed by atoms with van der Waals surface area (Å²) < 4.78 is 0. The Morgan fingerprint density at radius 1 is 1.18 bits per heavy atom. The highest BCUT2D eigenvalue weighted by Gasteiger charge is 2.40. The highest BCUT2D eigenvalue weighted by Crippen LogP contribution is 2.41. The Morgan fingerprint density at radius 3 is 2.47 bits per heavy atom. The van der Waals surface area contributed by atoms with Crippen LogP contribution in [0.3, 0.4) is 0 Å². The van der Waals surface area contributed by atoms with Gasteiger partial charge in [0.05, 0.1) is 0 Å². The lowest BCUT2D eigenvalue weighted by Crippen LogP contribution is -2.41. The van der Waals surface area contributed by atoms with Gasteiger partial charge in [0.2, 0.25) is 0 Å². The van der Waals surface area contributed by atoms with E-state index in [-0.39, 0.29) is 0 Å². The molecular formula is C15H20ClN. The second-order valence-corrected chi connectivity index (χ2v) is 6.03. The molecule has 0 bridgehead atoms. The van der Waals surface area contributed by atoms with E-state index < -0.39 is 0 Å². The Balaban J connectivity index is 1.46. The molecule has 2 atom stereocenters. The zero-order valence-corrected chi connectivity index (χ0v) is 11.1. The van der Waals surface area contributed by atoms with E-state index in [9.17, 15) is 0 Å². The van der Waals surface area contributed by atoms with Crippen LogP contribution in [-0.4, -0.2) is 12.1 Å². The molecule has 2 aliphatic rings. The molecule has 92 valence electrons. The maximum Gasteiger partial charge on any atom is 0.0406 e. The fourth-order valence-electron chi connectivity index (χ4n) is 2.97. The van der Waals surface area contributed by atoms with Crippen LogP contribution >= 0.6 is 11.6 Å². The van der Waals surface area contributed by atoms with Gasteiger partial charge in [0.25, 0.3) is 0 Å².